The Morgan fingerprint density at radius 1 is 0.593 bits per heavy atom. The standard InChI is InChI=1S/C19H14.4C2H6/c1-2-7-15-13(5-1)14-6-3-4-8-16(14)19-17(15)10-9-12-11-18(12)19;4*1-2/h1-10,12,18H,11H2;4*1-2H3. The summed E-state index contributed by atoms with van der Waals surface area (Å²) in [4.78, 5) is 0. The Morgan fingerprint density at radius 2 is 1.04 bits per heavy atom. The van der Waals surface area contributed by atoms with Crippen molar-refractivity contribution >= 4 is 27.6 Å². The number of allylic oxidation sites excluding steroid dienone is 1. The van der Waals surface area contributed by atoms with Gasteiger partial charge in [0.05, 0.1) is 0 Å². The average Bonchev–Trinajstić information content (AvgIpc) is 3.59. The second-order valence-corrected chi connectivity index (χ2v) is 5.78. The fourth-order valence-corrected chi connectivity index (χ4v) is 3.75. The third-order valence-electron chi connectivity index (χ3n) is 4.74. The zero-order chi connectivity index (χ0) is 20.4. The first-order chi connectivity index (χ1) is 13.4. The van der Waals surface area contributed by atoms with Gasteiger partial charge in [0, 0.05) is 0 Å². The molecule has 0 aromatic heterocycles. The predicted octanol–water partition coefficient (Wildman–Crippen LogP) is 9.23. The normalized spacial score (nSPS) is 17.3. The average molecular weight is 363 g/mol. The first kappa shape index (κ1) is 23.0. The molecule has 0 aliphatic heterocycles. The molecule has 5 rings (SSSR count). The van der Waals surface area contributed by atoms with Gasteiger partial charge < -0.3 is 0 Å². The van der Waals surface area contributed by atoms with Gasteiger partial charge in [-0.3, -0.25) is 0 Å². The maximum Gasteiger partial charge on any atom is -0.00805 e. The van der Waals surface area contributed by atoms with Gasteiger partial charge in [0.15, 0.2) is 0 Å². The molecule has 0 heteroatoms. The molecule has 27 heavy (non-hydrogen) atoms. The summed E-state index contributed by atoms with van der Waals surface area (Å²) in [7, 11) is 0. The second-order valence-electron chi connectivity index (χ2n) is 5.78. The van der Waals surface area contributed by atoms with Crippen molar-refractivity contribution in [2.45, 2.75) is 67.7 Å². The number of rotatable bonds is 0. The lowest BCUT2D eigenvalue weighted by Crippen LogP contribution is -1.96. The number of hydrogen-bond acceptors (Lipinski definition) is 0. The van der Waals surface area contributed by atoms with Crippen molar-refractivity contribution in [1.29, 1.82) is 0 Å². The second kappa shape index (κ2) is 11.6. The maximum absolute atomic E-state index is 2.41. The van der Waals surface area contributed by atoms with Crippen LogP contribution >= 0.6 is 0 Å². The largest absolute Gasteiger partial charge is 0.0802 e. The van der Waals surface area contributed by atoms with Gasteiger partial charge in [-0.25, -0.2) is 0 Å². The number of fused-ring (bicyclic) bond motifs is 8. The fourth-order valence-electron chi connectivity index (χ4n) is 3.75. The van der Waals surface area contributed by atoms with Crippen LogP contribution in [0.5, 0.6) is 0 Å². The van der Waals surface area contributed by atoms with Crippen molar-refractivity contribution in [2.75, 3.05) is 0 Å². The summed E-state index contributed by atoms with van der Waals surface area (Å²) in [5.41, 5.74) is 3.06. The molecule has 1 fully saturated rings. The molecule has 1 saturated carbocycles. The molecule has 0 amide bonds. The van der Waals surface area contributed by atoms with E-state index in [1.54, 1.807) is 5.56 Å². The quantitative estimate of drug-likeness (QED) is 0.349. The molecule has 0 radical (unpaired) electrons. The summed E-state index contributed by atoms with van der Waals surface area (Å²) in [6.45, 7) is 16.0. The number of hydrogen-bond donors (Lipinski definition) is 0. The Labute approximate surface area is 167 Å². The monoisotopic (exact) mass is 362 g/mol. The van der Waals surface area contributed by atoms with Crippen LogP contribution in [0.1, 0.15) is 78.9 Å². The van der Waals surface area contributed by atoms with Crippen LogP contribution in [0.2, 0.25) is 0 Å². The van der Waals surface area contributed by atoms with Crippen LogP contribution < -0.4 is 0 Å². The Hall–Kier alpha value is -2.08. The lowest BCUT2D eigenvalue weighted by atomic mass is 9.86. The smallest absolute Gasteiger partial charge is 0.00805 e. The van der Waals surface area contributed by atoms with E-state index in [0.717, 1.165) is 11.8 Å². The highest BCUT2D eigenvalue weighted by Gasteiger charge is 2.41. The summed E-state index contributed by atoms with van der Waals surface area (Å²) < 4.78 is 0. The molecular formula is C27H38. The van der Waals surface area contributed by atoms with E-state index in [-0.39, 0.29) is 0 Å². The van der Waals surface area contributed by atoms with Crippen molar-refractivity contribution in [3.8, 4) is 0 Å². The Kier molecular flexibility index (Phi) is 9.86. The molecule has 0 N–H and O–H groups in total. The minimum atomic E-state index is 0.773. The molecule has 0 spiro atoms. The first-order valence-electron chi connectivity index (χ1n) is 11.0. The van der Waals surface area contributed by atoms with Gasteiger partial charge in [0.2, 0.25) is 0 Å². The highest BCUT2D eigenvalue weighted by molar-refractivity contribution is 6.13. The highest BCUT2D eigenvalue weighted by atomic mass is 14.4. The molecule has 0 bridgehead atoms. The van der Waals surface area contributed by atoms with Gasteiger partial charge in [0.25, 0.3) is 0 Å². The van der Waals surface area contributed by atoms with E-state index in [0.29, 0.717) is 0 Å². The molecule has 2 aliphatic carbocycles. The molecule has 3 aromatic carbocycles. The lowest BCUT2D eigenvalue weighted by Gasteiger charge is -2.17. The Balaban J connectivity index is 0.000000410. The summed E-state index contributed by atoms with van der Waals surface area (Å²) in [5, 5.41) is 5.68. The van der Waals surface area contributed by atoms with Crippen LogP contribution in [0.25, 0.3) is 27.6 Å². The molecule has 0 saturated heterocycles. The lowest BCUT2D eigenvalue weighted by molar-refractivity contribution is 1.01. The molecule has 2 atom stereocenters. The van der Waals surface area contributed by atoms with E-state index >= 15 is 0 Å². The Morgan fingerprint density at radius 3 is 1.59 bits per heavy atom. The van der Waals surface area contributed by atoms with E-state index in [2.05, 4.69) is 60.7 Å². The number of benzene rings is 3. The van der Waals surface area contributed by atoms with Crippen molar-refractivity contribution in [3.05, 3.63) is 65.7 Å². The third kappa shape index (κ3) is 4.43. The molecule has 2 aliphatic rings. The van der Waals surface area contributed by atoms with Crippen LogP contribution in [0.3, 0.4) is 0 Å². The van der Waals surface area contributed by atoms with Crippen molar-refractivity contribution < 1.29 is 0 Å². The van der Waals surface area contributed by atoms with E-state index in [1.165, 1.54) is 33.5 Å². The van der Waals surface area contributed by atoms with E-state index in [1.807, 2.05) is 55.4 Å². The van der Waals surface area contributed by atoms with Crippen LogP contribution in [0.15, 0.2) is 54.6 Å². The van der Waals surface area contributed by atoms with Gasteiger partial charge >= 0.3 is 0 Å². The van der Waals surface area contributed by atoms with Gasteiger partial charge in [-0.05, 0) is 50.9 Å². The van der Waals surface area contributed by atoms with E-state index < -0.39 is 0 Å². The van der Waals surface area contributed by atoms with Gasteiger partial charge in [-0.1, -0.05) is 116 Å². The SMILES string of the molecule is C1=CC2CC2c2c1c1ccccc1c1ccccc21.CC.CC.CC.CC. The summed E-state index contributed by atoms with van der Waals surface area (Å²) in [6.07, 6.45) is 6.11. The third-order valence-corrected chi connectivity index (χ3v) is 4.74. The van der Waals surface area contributed by atoms with Crippen molar-refractivity contribution in [3.63, 3.8) is 0 Å². The van der Waals surface area contributed by atoms with Crippen LogP contribution in [-0.2, 0) is 0 Å². The van der Waals surface area contributed by atoms with E-state index in [9.17, 15) is 0 Å². The molecular weight excluding hydrogens is 324 g/mol. The molecule has 2 unspecified atom stereocenters. The maximum atomic E-state index is 2.41. The van der Waals surface area contributed by atoms with Gasteiger partial charge in [-0.15, -0.1) is 0 Å². The predicted molar refractivity (Wildman–Crippen MR) is 127 cm³/mol. The van der Waals surface area contributed by atoms with Crippen molar-refractivity contribution in [1.82, 2.24) is 0 Å². The molecule has 146 valence electrons. The topological polar surface area (TPSA) is 0 Å². The zero-order valence-electron chi connectivity index (χ0n) is 18.6. The first-order valence-corrected chi connectivity index (χ1v) is 11.0. The Bertz CT molecular complexity index is 854. The van der Waals surface area contributed by atoms with Gasteiger partial charge in [0.1, 0.15) is 0 Å². The fraction of sp³-hybridized carbons (Fsp3) is 0.407. The summed E-state index contributed by atoms with van der Waals surface area (Å²) in [6, 6.07) is 17.7. The summed E-state index contributed by atoms with van der Waals surface area (Å²) in [5.74, 6) is 1.58. The van der Waals surface area contributed by atoms with Crippen LogP contribution in [0.4, 0.5) is 0 Å². The van der Waals surface area contributed by atoms with Crippen molar-refractivity contribution in [2.24, 2.45) is 5.92 Å². The molecule has 0 nitrogen and oxygen atoms in total. The highest BCUT2D eigenvalue weighted by Crippen LogP contribution is 2.56. The van der Waals surface area contributed by atoms with Crippen LogP contribution in [0, 0.1) is 5.92 Å². The van der Waals surface area contributed by atoms with Gasteiger partial charge in [-0.2, -0.15) is 0 Å². The minimum absolute atomic E-state index is 0.773. The molecule has 3 aromatic rings. The molecule has 0 heterocycles. The zero-order valence-corrected chi connectivity index (χ0v) is 18.6. The van der Waals surface area contributed by atoms with Crippen LogP contribution in [-0.4, -0.2) is 0 Å². The van der Waals surface area contributed by atoms with E-state index in [4.69, 9.17) is 0 Å². The summed E-state index contributed by atoms with van der Waals surface area (Å²) >= 11 is 0. The minimum Gasteiger partial charge on any atom is -0.0802 e.